The molecule has 2 heterocycles. The van der Waals surface area contributed by atoms with Crippen LogP contribution in [0, 0.1) is 0 Å². The van der Waals surface area contributed by atoms with E-state index in [1.165, 1.54) is 12.0 Å². The van der Waals surface area contributed by atoms with E-state index in [4.69, 9.17) is 15.2 Å². The molecular weight excluding hydrogens is 252 g/mol. The Morgan fingerprint density at radius 3 is 2.70 bits per heavy atom. The monoisotopic (exact) mass is 276 g/mol. The maximum absolute atomic E-state index is 6.40. The summed E-state index contributed by atoms with van der Waals surface area (Å²) in [6.45, 7) is 6.85. The number of hydrogen-bond acceptors (Lipinski definition) is 4. The van der Waals surface area contributed by atoms with Crippen LogP contribution in [0.5, 0.6) is 11.5 Å². The van der Waals surface area contributed by atoms with Crippen LogP contribution in [-0.4, -0.2) is 36.7 Å². The molecule has 2 N–H and O–H groups in total. The van der Waals surface area contributed by atoms with E-state index >= 15 is 0 Å². The Kier molecular flexibility index (Phi) is 3.85. The number of likely N-dealkylation sites (tertiary alicyclic amines) is 1. The fraction of sp³-hybridized carbons (Fsp3) is 0.625. The first-order valence-corrected chi connectivity index (χ1v) is 7.57. The van der Waals surface area contributed by atoms with E-state index in [-0.39, 0.29) is 12.1 Å². The van der Waals surface area contributed by atoms with E-state index in [0.717, 1.165) is 24.5 Å². The van der Waals surface area contributed by atoms with Crippen molar-refractivity contribution in [1.29, 1.82) is 0 Å². The Morgan fingerprint density at radius 1 is 1.20 bits per heavy atom. The molecule has 2 aliphatic rings. The Bertz CT molecular complexity index is 476. The van der Waals surface area contributed by atoms with E-state index in [0.29, 0.717) is 19.3 Å². The molecule has 0 aromatic heterocycles. The fourth-order valence-corrected chi connectivity index (χ4v) is 3.31. The van der Waals surface area contributed by atoms with Crippen LogP contribution in [0.3, 0.4) is 0 Å². The van der Waals surface area contributed by atoms with Gasteiger partial charge in [-0.3, -0.25) is 4.90 Å². The molecule has 1 aromatic carbocycles. The molecule has 1 fully saturated rings. The number of hydrogen-bond donors (Lipinski definition) is 1. The van der Waals surface area contributed by atoms with E-state index < -0.39 is 0 Å². The zero-order valence-corrected chi connectivity index (χ0v) is 12.3. The summed E-state index contributed by atoms with van der Waals surface area (Å²) in [6.07, 6.45) is 2.27. The summed E-state index contributed by atoms with van der Waals surface area (Å²) < 4.78 is 11.3. The first-order chi connectivity index (χ1) is 9.66. The third-order valence-corrected chi connectivity index (χ3v) is 4.29. The van der Waals surface area contributed by atoms with Gasteiger partial charge in [-0.15, -0.1) is 0 Å². The Morgan fingerprint density at radius 2 is 1.95 bits per heavy atom. The summed E-state index contributed by atoms with van der Waals surface area (Å²) in [7, 11) is 0. The van der Waals surface area contributed by atoms with Crippen LogP contribution in [0.4, 0.5) is 0 Å². The average Bonchev–Trinajstić information content (AvgIpc) is 2.46. The summed E-state index contributed by atoms with van der Waals surface area (Å²) in [5.74, 6) is 1.70. The molecule has 0 bridgehead atoms. The minimum Gasteiger partial charge on any atom is -0.486 e. The van der Waals surface area contributed by atoms with Gasteiger partial charge in [-0.2, -0.15) is 0 Å². The van der Waals surface area contributed by atoms with Crippen molar-refractivity contribution >= 4 is 0 Å². The molecule has 0 radical (unpaired) electrons. The van der Waals surface area contributed by atoms with Crippen LogP contribution < -0.4 is 15.2 Å². The van der Waals surface area contributed by atoms with Gasteiger partial charge in [0.25, 0.3) is 0 Å². The molecule has 3 rings (SSSR count). The Labute approximate surface area is 120 Å². The molecule has 20 heavy (non-hydrogen) atoms. The zero-order chi connectivity index (χ0) is 14.1. The van der Waals surface area contributed by atoms with Crippen molar-refractivity contribution in [3.63, 3.8) is 0 Å². The molecule has 1 aromatic rings. The Hall–Kier alpha value is -1.26. The molecule has 1 saturated heterocycles. The highest BCUT2D eigenvalue weighted by Crippen LogP contribution is 2.37. The maximum Gasteiger partial charge on any atom is 0.161 e. The number of nitrogens with zero attached hydrogens (tertiary/aromatic N) is 1. The van der Waals surface area contributed by atoms with Crippen LogP contribution in [0.15, 0.2) is 18.2 Å². The first-order valence-electron chi connectivity index (χ1n) is 7.57. The third kappa shape index (κ3) is 2.50. The van der Waals surface area contributed by atoms with Crippen molar-refractivity contribution < 1.29 is 9.47 Å². The standard InChI is InChI=1S/C16H24N2O2/c1-11(2)18-7-3-4-13(17)16(18)12-5-6-14-15(10-12)20-9-8-19-14/h5-6,10-11,13,16H,3-4,7-9,17H2,1-2H3. The van der Waals surface area contributed by atoms with Gasteiger partial charge in [0.05, 0.1) is 6.04 Å². The van der Waals surface area contributed by atoms with Crippen LogP contribution in [-0.2, 0) is 0 Å². The second kappa shape index (κ2) is 5.62. The van der Waals surface area contributed by atoms with E-state index in [1.54, 1.807) is 0 Å². The molecule has 2 atom stereocenters. The normalized spacial score (nSPS) is 26.8. The lowest BCUT2D eigenvalue weighted by Crippen LogP contribution is -2.48. The summed E-state index contributed by atoms with van der Waals surface area (Å²) >= 11 is 0. The van der Waals surface area contributed by atoms with Crippen LogP contribution in [0.1, 0.15) is 38.3 Å². The second-order valence-electron chi connectivity index (χ2n) is 5.99. The van der Waals surface area contributed by atoms with E-state index in [2.05, 4.69) is 30.9 Å². The third-order valence-electron chi connectivity index (χ3n) is 4.29. The molecule has 4 heteroatoms. The topological polar surface area (TPSA) is 47.7 Å². The van der Waals surface area contributed by atoms with Crippen LogP contribution >= 0.6 is 0 Å². The summed E-state index contributed by atoms with van der Waals surface area (Å²) in [6, 6.07) is 7.23. The molecule has 4 nitrogen and oxygen atoms in total. The number of piperidine rings is 1. The van der Waals surface area contributed by atoms with Crippen molar-refractivity contribution in [1.82, 2.24) is 4.90 Å². The van der Waals surface area contributed by atoms with E-state index in [9.17, 15) is 0 Å². The highest BCUT2D eigenvalue weighted by Gasteiger charge is 2.32. The number of fused-ring (bicyclic) bond motifs is 1. The van der Waals surface area contributed by atoms with Crippen LogP contribution in [0.25, 0.3) is 0 Å². The molecular formula is C16H24N2O2. The van der Waals surface area contributed by atoms with Gasteiger partial charge in [-0.05, 0) is 50.9 Å². The van der Waals surface area contributed by atoms with Gasteiger partial charge in [0.15, 0.2) is 11.5 Å². The minimum absolute atomic E-state index is 0.189. The number of nitrogens with two attached hydrogens (primary N) is 1. The maximum atomic E-state index is 6.40. The molecule has 0 spiro atoms. The van der Waals surface area contributed by atoms with Gasteiger partial charge in [0, 0.05) is 12.1 Å². The molecule has 110 valence electrons. The molecule has 2 unspecified atom stereocenters. The fourth-order valence-electron chi connectivity index (χ4n) is 3.31. The molecule has 0 amide bonds. The van der Waals surface area contributed by atoms with Gasteiger partial charge in [-0.1, -0.05) is 6.07 Å². The van der Waals surface area contributed by atoms with Crippen molar-refractivity contribution in [3.05, 3.63) is 23.8 Å². The number of benzene rings is 1. The number of rotatable bonds is 2. The summed E-state index contributed by atoms with van der Waals surface area (Å²) in [5, 5.41) is 0. The minimum atomic E-state index is 0.189. The lowest BCUT2D eigenvalue weighted by molar-refractivity contribution is 0.0940. The lowest BCUT2D eigenvalue weighted by atomic mass is 9.89. The summed E-state index contributed by atoms with van der Waals surface area (Å²) in [4.78, 5) is 2.50. The number of ether oxygens (including phenoxy) is 2. The van der Waals surface area contributed by atoms with Crippen LogP contribution in [0.2, 0.25) is 0 Å². The van der Waals surface area contributed by atoms with Crippen molar-refractivity contribution in [2.24, 2.45) is 5.73 Å². The lowest BCUT2D eigenvalue weighted by Gasteiger charge is -2.42. The van der Waals surface area contributed by atoms with Gasteiger partial charge in [0.1, 0.15) is 13.2 Å². The van der Waals surface area contributed by atoms with Gasteiger partial charge < -0.3 is 15.2 Å². The average molecular weight is 276 g/mol. The van der Waals surface area contributed by atoms with Gasteiger partial charge in [0.2, 0.25) is 0 Å². The smallest absolute Gasteiger partial charge is 0.161 e. The molecule has 0 aliphatic carbocycles. The first kappa shape index (κ1) is 13.7. The highest BCUT2D eigenvalue weighted by atomic mass is 16.6. The van der Waals surface area contributed by atoms with Gasteiger partial charge in [-0.25, -0.2) is 0 Å². The predicted molar refractivity (Wildman–Crippen MR) is 79.2 cm³/mol. The molecule has 0 saturated carbocycles. The van der Waals surface area contributed by atoms with E-state index in [1.807, 2.05) is 6.07 Å². The molecule has 2 aliphatic heterocycles. The quantitative estimate of drug-likeness (QED) is 0.900. The van der Waals surface area contributed by atoms with Crippen molar-refractivity contribution in [2.75, 3.05) is 19.8 Å². The second-order valence-corrected chi connectivity index (χ2v) is 5.99. The van der Waals surface area contributed by atoms with Gasteiger partial charge >= 0.3 is 0 Å². The predicted octanol–water partition coefficient (Wildman–Crippen LogP) is 2.33. The SMILES string of the molecule is CC(C)N1CCCC(N)C1c1ccc2c(c1)OCCO2. The van der Waals surface area contributed by atoms with Crippen molar-refractivity contribution in [2.45, 2.75) is 44.8 Å². The van der Waals surface area contributed by atoms with Crippen molar-refractivity contribution in [3.8, 4) is 11.5 Å². The Balaban J connectivity index is 1.92. The summed E-state index contributed by atoms with van der Waals surface area (Å²) in [5.41, 5.74) is 7.65. The highest BCUT2D eigenvalue weighted by molar-refractivity contribution is 5.45. The largest absolute Gasteiger partial charge is 0.486 e. The zero-order valence-electron chi connectivity index (χ0n) is 12.3.